The van der Waals surface area contributed by atoms with Crippen LogP contribution in [0.3, 0.4) is 0 Å². The first-order valence-electron chi connectivity index (χ1n) is 9.30. The Hall–Kier alpha value is -1.69. The van der Waals surface area contributed by atoms with Crippen molar-refractivity contribution in [3.63, 3.8) is 0 Å². The molecule has 2 atom stereocenters. The minimum atomic E-state index is -0.0748. The number of urea groups is 1. The third-order valence-electron chi connectivity index (χ3n) is 4.49. The number of carbonyl (C=O) groups is 2. The van der Waals surface area contributed by atoms with Gasteiger partial charge in [0.05, 0.1) is 5.25 Å². The summed E-state index contributed by atoms with van der Waals surface area (Å²) in [5, 5.41) is 2.90. The average Bonchev–Trinajstić information content (AvgIpc) is 2.83. The zero-order chi connectivity index (χ0) is 19.4. The lowest BCUT2D eigenvalue weighted by atomic mass is 10.1. The number of amides is 3. The van der Waals surface area contributed by atoms with E-state index in [0.717, 1.165) is 5.56 Å². The van der Waals surface area contributed by atoms with Gasteiger partial charge in [0, 0.05) is 25.2 Å². The van der Waals surface area contributed by atoms with Gasteiger partial charge in [-0.3, -0.25) is 4.79 Å². The van der Waals surface area contributed by atoms with E-state index in [1.54, 1.807) is 16.7 Å². The van der Waals surface area contributed by atoms with Crippen LogP contribution in [0.25, 0.3) is 0 Å². The monoisotopic (exact) mass is 377 g/mol. The van der Waals surface area contributed by atoms with Crippen molar-refractivity contribution < 1.29 is 9.59 Å². The van der Waals surface area contributed by atoms with E-state index in [2.05, 4.69) is 36.5 Å². The Morgan fingerprint density at radius 1 is 1.23 bits per heavy atom. The summed E-state index contributed by atoms with van der Waals surface area (Å²) in [4.78, 5) is 28.8. The fraction of sp³-hybridized carbons (Fsp3) is 0.600. The van der Waals surface area contributed by atoms with Crippen LogP contribution in [0, 0.1) is 6.92 Å². The van der Waals surface area contributed by atoms with Crippen molar-refractivity contribution in [2.24, 2.45) is 0 Å². The van der Waals surface area contributed by atoms with Gasteiger partial charge in [-0.05, 0) is 47.1 Å². The molecule has 26 heavy (non-hydrogen) atoms. The van der Waals surface area contributed by atoms with Gasteiger partial charge in [0.1, 0.15) is 5.37 Å². The molecule has 0 bridgehead atoms. The minimum absolute atomic E-state index is 0.0141. The van der Waals surface area contributed by atoms with Gasteiger partial charge < -0.3 is 15.1 Å². The summed E-state index contributed by atoms with van der Waals surface area (Å²) in [6.45, 7) is 13.0. The van der Waals surface area contributed by atoms with Crippen molar-refractivity contribution >= 4 is 23.7 Å². The van der Waals surface area contributed by atoms with Gasteiger partial charge in [-0.2, -0.15) is 0 Å². The van der Waals surface area contributed by atoms with Gasteiger partial charge in [-0.25, -0.2) is 4.79 Å². The first kappa shape index (κ1) is 20.6. The van der Waals surface area contributed by atoms with Gasteiger partial charge in [-0.15, -0.1) is 11.8 Å². The lowest BCUT2D eigenvalue weighted by Gasteiger charge is -2.31. The first-order chi connectivity index (χ1) is 12.2. The molecule has 3 amide bonds. The van der Waals surface area contributed by atoms with Crippen LogP contribution in [0.1, 0.15) is 51.1 Å². The fourth-order valence-corrected chi connectivity index (χ4v) is 4.34. The molecule has 1 aliphatic heterocycles. The number of benzene rings is 1. The van der Waals surface area contributed by atoms with Gasteiger partial charge >= 0.3 is 6.03 Å². The molecule has 5 nitrogen and oxygen atoms in total. The minimum Gasteiger partial charge on any atom is -0.336 e. The summed E-state index contributed by atoms with van der Waals surface area (Å²) in [6, 6.07) is 8.45. The topological polar surface area (TPSA) is 52.7 Å². The maximum Gasteiger partial charge on any atom is 0.317 e. The molecule has 0 spiro atoms. The average molecular weight is 378 g/mol. The number of aryl methyl sites for hydroxylation is 1. The van der Waals surface area contributed by atoms with Crippen molar-refractivity contribution in [1.29, 1.82) is 0 Å². The number of carbonyl (C=O) groups excluding carboxylic acids is 2. The Bertz CT molecular complexity index is 630. The van der Waals surface area contributed by atoms with Crippen LogP contribution in [0.2, 0.25) is 0 Å². The second-order valence-corrected chi connectivity index (χ2v) is 8.89. The zero-order valence-corrected chi connectivity index (χ0v) is 17.5. The van der Waals surface area contributed by atoms with Crippen molar-refractivity contribution in [3.8, 4) is 0 Å². The summed E-state index contributed by atoms with van der Waals surface area (Å²) >= 11 is 1.68. The molecule has 1 aromatic carbocycles. The van der Waals surface area contributed by atoms with Crippen molar-refractivity contribution in [2.75, 3.05) is 13.1 Å². The van der Waals surface area contributed by atoms with Crippen molar-refractivity contribution in [3.05, 3.63) is 35.4 Å². The van der Waals surface area contributed by atoms with E-state index in [1.165, 1.54) is 5.56 Å². The largest absolute Gasteiger partial charge is 0.336 e. The number of hydrogen-bond donors (Lipinski definition) is 1. The van der Waals surface area contributed by atoms with Gasteiger partial charge in [0.2, 0.25) is 5.91 Å². The highest BCUT2D eigenvalue weighted by atomic mass is 32.2. The molecule has 1 heterocycles. The fourth-order valence-electron chi connectivity index (χ4n) is 3.03. The summed E-state index contributed by atoms with van der Waals surface area (Å²) < 4.78 is 0. The third kappa shape index (κ3) is 4.93. The second kappa shape index (κ2) is 8.80. The molecule has 0 radical (unpaired) electrons. The highest BCUT2D eigenvalue weighted by Gasteiger charge is 2.38. The number of thioether (sulfide) groups is 1. The Kier molecular flexibility index (Phi) is 6.98. The highest BCUT2D eigenvalue weighted by molar-refractivity contribution is 8.01. The standard InChI is InChI=1S/C20H31N3O2S/c1-13(2)21-20(25)22(14(3)4)11-12-23-18(24)16(6)26-19(23)17-9-7-15(5)8-10-17/h7-10,13-14,16,19H,11-12H2,1-6H3,(H,21,25)/t16-,19-/m1/s1. The van der Waals surface area contributed by atoms with Gasteiger partial charge in [0.25, 0.3) is 0 Å². The van der Waals surface area contributed by atoms with Crippen LogP contribution in [0.5, 0.6) is 0 Å². The second-order valence-electron chi connectivity index (χ2n) is 7.46. The molecule has 0 aromatic heterocycles. The lowest BCUT2D eigenvalue weighted by Crippen LogP contribution is -2.49. The van der Waals surface area contributed by atoms with E-state index >= 15 is 0 Å². The molecule has 144 valence electrons. The van der Waals surface area contributed by atoms with E-state index in [4.69, 9.17) is 0 Å². The quantitative estimate of drug-likeness (QED) is 0.821. The van der Waals surface area contributed by atoms with Crippen LogP contribution in [0.15, 0.2) is 24.3 Å². The van der Waals surface area contributed by atoms with Crippen LogP contribution >= 0.6 is 11.8 Å². The van der Waals surface area contributed by atoms with Crippen molar-refractivity contribution in [1.82, 2.24) is 15.1 Å². The van der Waals surface area contributed by atoms with Crippen LogP contribution in [0.4, 0.5) is 4.79 Å². The highest BCUT2D eigenvalue weighted by Crippen LogP contribution is 2.42. The number of rotatable bonds is 6. The smallest absolute Gasteiger partial charge is 0.317 e. The predicted octanol–water partition coefficient (Wildman–Crippen LogP) is 3.79. The lowest BCUT2D eigenvalue weighted by molar-refractivity contribution is -0.130. The predicted molar refractivity (Wildman–Crippen MR) is 108 cm³/mol. The SMILES string of the molecule is Cc1ccc([C@H]2S[C@H](C)C(=O)N2CCN(C(=O)NC(C)C)C(C)C)cc1. The van der Waals surface area contributed by atoms with E-state index in [9.17, 15) is 9.59 Å². The Labute approximate surface area is 161 Å². The molecule has 0 saturated carbocycles. The number of hydrogen-bond acceptors (Lipinski definition) is 3. The summed E-state index contributed by atoms with van der Waals surface area (Å²) in [5.74, 6) is 0.147. The van der Waals surface area contributed by atoms with Gasteiger partial charge in [0.15, 0.2) is 0 Å². The molecular weight excluding hydrogens is 346 g/mol. The Morgan fingerprint density at radius 2 is 1.85 bits per heavy atom. The Morgan fingerprint density at radius 3 is 2.38 bits per heavy atom. The van der Waals surface area contributed by atoms with Crippen LogP contribution in [-0.4, -0.2) is 52.2 Å². The van der Waals surface area contributed by atoms with Gasteiger partial charge in [-0.1, -0.05) is 29.8 Å². The molecule has 1 fully saturated rings. The molecule has 1 saturated heterocycles. The molecule has 0 aliphatic carbocycles. The Balaban J connectivity index is 2.11. The van der Waals surface area contributed by atoms with E-state index in [1.807, 2.05) is 39.5 Å². The molecule has 2 rings (SSSR count). The first-order valence-corrected chi connectivity index (χ1v) is 10.2. The maximum absolute atomic E-state index is 12.7. The summed E-state index contributed by atoms with van der Waals surface area (Å²) in [6.07, 6.45) is 0. The van der Waals surface area contributed by atoms with E-state index in [0.29, 0.717) is 13.1 Å². The molecule has 1 aromatic rings. The number of nitrogens with one attached hydrogen (secondary N) is 1. The third-order valence-corrected chi connectivity index (χ3v) is 5.88. The number of nitrogens with zero attached hydrogens (tertiary/aromatic N) is 2. The van der Waals surface area contributed by atoms with E-state index in [-0.39, 0.29) is 34.6 Å². The van der Waals surface area contributed by atoms with E-state index < -0.39 is 0 Å². The van der Waals surface area contributed by atoms with Crippen molar-refractivity contribution in [2.45, 2.75) is 64.2 Å². The molecule has 0 unspecified atom stereocenters. The maximum atomic E-state index is 12.7. The van der Waals surface area contributed by atoms with Crippen LogP contribution < -0.4 is 5.32 Å². The summed E-state index contributed by atoms with van der Waals surface area (Å²) in [5.41, 5.74) is 2.35. The molecular formula is C20H31N3O2S. The summed E-state index contributed by atoms with van der Waals surface area (Å²) in [7, 11) is 0. The molecule has 1 N–H and O–H groups in total. The molecule has 1 aliphatic rings. The van der Waals surface area contributed by atoms with Crippen LogP contribution in [-0.2, 0) is 4.79 Å². The normalized spacial score (nSPS) is 20.2. The zero-order valence-electron chi connectivity index (χ0n) is 16.7. The molecule has 6 heteroatoms.